The fourth-order valence-corrected chi connectivity index (χ4v) is 2.92. The standard InChI is InChI=1S/C13H19BrN2O/c1-17-12-5-6-13(15-10-12)16-9-3-2-4-11(16)7-8-14/h5-6,10-11H,2-4,7-9H2,1H3. The molecular weight excluding hydrogens is 280 g/mol. The molecule has 0 aromatic carbocycles. The lowest BCUT2D eigenvalue weighted by atomic mass is 10.00. The van der Waals surface area contributed by atoms with Gasteiger partial charge in [-0.2, -0.15) is 0 Å². The van der Waals surface area contributed by atoms with E-state index in [0.717, 1.165) is 23.4 Å². The third-order valence-electron chi connectivity index (χ3n) is 3.32. The molecule has 1 saturated heterocycles. The third kappa shape index (κ3) is 3.12. The van der Waals surface area contributed by atoms with Gasteiger partial charge < -0.3 is 9.64 Å². The first-order valence-corrected chi connectivity index (χ1v) is 7.30. The lowest BCUT2D eigenvalue weighted by Crippen LogP contribution is -2.40. The van der Waals surface area contributed by atoms with Crippen LogP contribution in [0, 0.1) is 0 Å². The smallest absolute Gasteiger partial charge is 0.137 e. The Morgan fingerprint density at radius 2 is 2.35 bits per heavy atom. The zero-order valence-corrected chi connectivity index (χ0v) is 11.8. The number of ether oxygens (including phenoxy) is 1. The van der Waals surface area contributed by atoms with Crippen molar-refractivity contribution in [1.82, 2.24) is 4.98 Å². The number of halogens is 1. The molecule has 3 nitrogen and oxygen atoms in total. The van der Waals surface area contributed by atoms with Gasteiger partial charge in [-0.15, -0.1) is 0 Å². The van der Waals surface area contributed by atoms with Crippen molar-refractivity contribution in [3.8, 4) is 5.75 Å². The van der Waals surface area contributed by atoms with Gasteiger partial charge in [0, 0.05) is 17.9 Å². The molecule has 17 heavy (non-hydrogen) atoms. The van der Waals surface area contributed by atoms with Crippen molar-refractivity contribution >= 4 is 21.7 Å². The average molecular weight is 299 g/mol. The van der Waals surface area contributed by atoms with Crippen molar-refractivity contribution < 1.29 is 4.74 Å². The van der Waals surface area contributed by atoms with Crippen LogP contribution in [0.2, 0.25) is 0 Å². The van der Waals surface area contributed by atoms with E-state index >= 15 is 0 Å². The van der Waals surface area contributed by atoms with Gasteiger partial charge in [0.25, 0.3) is 0 Å². The Morgan fingerprint density at radius 1 is 1.47 bits per heavy atom. The SMILES string of the molecule is COc1ccc(N2CCCCC2CCBr)nc1. The van der Waals surface area contributed by atoms with Gasteiger partial charge >= 0.3 is 0 Å². The molecule has 2 rings (SSSR count). The molecule has 1 unspecified atom stereocenters. The molecule has 0 bridgehead atoms. The van der Waals surface area contributed by atoms with Crippen LogP contribution < -0.4 is 9.64 Å². The molecule has 0 radical (unpaired) electrons. The summed E-state index contributed by atoms with van der Waals surface area (Å²) in [5.41, 5.74) is 0. The van der Waals surface area contributed by atoms with E-state index < -0.39 is 0 Å². The summed E-state index contributed by atoms with van der Waals surface area (Å²) in [6.07, 6.45) is 6.87. The Hall–Kier alpha value is -0.770. The highest BCUT2D eigenvalue weighted by molar-refractivity contribution is 9.09. The Kier molecular flexibility index (Phi) is 4.66. The van der Waals surface area contributed by atoms with Crippen LogP contribution in [0.3, 0.4) is 0 Å². The van der Waals surface area contributed by atoms with Crippen molar-refractivity contribution in [2.24, 2.45) is 0 Å². The van der Waals surface area contributed by atoms with E-state index in [4.69, 9.17) is 4.74 Å². The largest absolute Gasteiger partial charge is 0.495 e. The van der Waals surface area contributed by atoms with Gasteiger partial charge in [0.1, 0.15) is 11.6 Å². The summed E-state index contributed by atoms with van der Waals surface area (Å²) in [7, 11) is 1.67. The number of hydrogen-bond acceptors (Lipinski definition) is 3. The topological polar surface area (TPSA) is 25.4 Å². The van der Waals surface area contributed by atoms with Crippen molar-refractivity contribution in [2.45, 2.75) is 31.7 Å². The van der Waals surface area contributed by atoms with Crippen molar-refractivity contribution in [3.63, 3.8) is 0 Å². The molecule has 4 heteroatoms. The van der Waals surface area contributed by atoms with E-state index in [1.165, 1.54) is 25.7 Å². The minimum absolute atomic E-state index is 0.629. The number of methoxy groups -OCH3 is 1. The Bertz CT molecular complexity index is 340. The Labute approximate surface area is 111 Å². The molecule has 2 heterocycles. The first-order chi connectivity index (χ1) is 8.35. The van der Waals surface area contributed by atoms with Crippen molar-refractivity contribution in [2.75, 3.05) is 23.9 Å². The maximum atomic E-state index is 5.14. The Balaban J connectivity index is 2.11. The number of rotatable bonds is 4. The number of anilines is 1. The number of hydrogen-bond donors (Lipinski definition) is 0. The van der Waals surface area contributed by atoms with Crippen LogP contribution in [0.4, 0.5) is 5.82 Å². The molecule has 0 spiro atoms. The molecule has 1 fully saturated rings. The van der Waals surface area contributed by atoms with Crippen LogP contribution >= 0.6 is 15.9 Å². The number of alkyl halides is 1. The first-order valence-electron chi connectivity index (χ1n) is 6.18. The number of aromatic nitrogens is 1. The molecule has 1 aliphatic rings. The van der Waals surface area contributed by atoms with Gasteiger partial charge in [0.15, 0.2) is 0 Å². The number of piperidine rings is 1. The van der Waals surface area contributed by atoms with Gasteiger partial charge in [0.2, 0.25) is 0 Å². The maximum Gasteiger partial charge on any atom is 0.137 e. The van der Waals surface area contributed by atoms with E-state index in [-0.39, 0.29) is 0 Å². The quantitative estimate of drug-likeness (QED) is 0.798. The molecule has 0 N–H and O–H groups in total. The first kappa shape index (κ1) is 12.7. The summed E-state index contributed by atoms with van der Waals surface area (Å²) < 4.78 is 5.14. The predicted octanol–water partition coefficient (Wildman–Crippen LogP) is 3.23. The summed E-state index contributed by atoms with van der Waals surface area (Å²) in [5.74, 6) is 1.90. The summed E-state index contributed by atoms with van der Waals surface area (Å²) in [4.78, 5) is 6.93. The van der Waals surface area contributed by atoms with Gasteiger partial charge in [-0.3, -0.25) is 0 Å². The Morgan fingerprint density at radius 3 is 3.00 bits per heavy atom. The van der Waals surface area contributed by atoms with E-state index in [9.17, 15) is 0 Å². The molecular formula is C13H19BrN2O. The monoisotopic (exact) mass is 298 g/mol. The third-order valence-corrected chi connectivity index (χ3v) is 3.78. The second-order valence-corrected chi connectivity index (χ2v) is 5.17. The minimum Gasteiger partial charge on any atom is -0.495 e. The van der Waals surface area contributed by atoms with Gasteiger partial charge in [0.05, 0.1) is 13.3 Å². The van der Waals surface area contributed by atoms with E-state index in [2.05, 4.69) is 31.9 Å². The molecule has 0 saturated carbocycles. The second kappa shape index (κ2) is 6.24. The molecule has 94 valence electrons. The fourth-order valence-electron chi connectivity index (χ4n) is 2.39. The van der Waals surface area contributed by atoms with Crippen LogP contribution in [0.1, 0.15) is 25.7 Å². The van der Waals surface area contributed by atoms with E-state index in [1.54, 1.807) is 13.3 Å². The van der Waals surface area contributed by atoms with Crippen LogP contribution in [-0.2, 0) is 0 Å². The van der Waals surface area contributed by atoms with Gasteiger partial charge in [-0.05, 0) is 37.8 Å². The minimum atomic E-state index is 0.629. The molecule has 1 aromatic heterocycles. The zero-order valence-electron chi connectivity index (χ0n) is 10.2. The molecule has 1 aromatic rings. The molecule has 1 aliphatic heterocycles. The van der Waals surface area contributed by atoms with E-state index in [0.29, 0.717) is 6.04 Å². The summed E-state index contributed by atoms with van der Waals surface area (Å²) in [5, 5.41) is 1.06. The molecule has 0 aliphatic carbocycles. The number of nitrogens with zero attached hydrogens (tertiary/aromatic N) is 2. The van der Waals surface area contributed by atoms with Crippen LogP contribution in [-0.4, -0.2) is 30.0 Å². The van der Waals surface area contributed by atoms with Crippen LogP contribution in [0.25, 0.3) is 0 Å². The van der Waals surface area contributed by atoms with Crippen LogP contribution in [0.5, 0.6) is 5.75 Å². The normalized spacial score (nSPS) is 20.4. The highest BCUT2D eigenvalue weighted by atomic mass is 79.9. The lowest BCUT2D eigenvalue weighted by Gasteiger charge is -2.36. The second-order valence-electron chi connectivity index (χ2n) is 4.38. The number of pyridine rings is 1. The summed E-state index contributed by atoms with van der Waals surface area (Å²) in [6, 6.07) is 4.68. The summed E-state index contributed by atoms with van der Waals surface area (Å²) in [6.45, 7) is 1.12. The van der Waals surface area contributed by atoms with Gasteiger partial charge in [-0.1, -0.05) is 15.9 Å². The van der Waals surface area contributed by atoms with Gasteiger partial charge in [-0.25, -0.2) is 4.98 Å². The molecule has 1 atom stereocenters. The predicted molar refractivity (Wildman–Crippen MR) is 74.2 cm³/mol. The maximum absolute atomic E-state index is 5.14. The van der Waals surface area contributed by atoms with Crippen LogP contribution in [0.15, 0.2) is 18.3 Å². The van der Waals surface area contributed by atoms with Crippen molar-refractivity contribution in [3.05, 3.63) is 18.3 Å². The summed E-state index contributed by atoms with van der Waals surface area (Å²) >= 11 is 3.54. The highest BCUT2D eigenvalue weighted by Gasteiger charge is 2.22. The lowest BCUT2D eigenvalue weighted by molar-refractivity contribution is 0.411. The molecule has 0 amide bonds. The average Bonchev–Trinajstić information content (AvgIpc) is 2.40. The highest BCUT2D eigenvalue weighted by Crippen LogP contribution is 2.26. The fraction of sp³-hybridized carbons (Fsp3) is 0.615. The zero-order chi connectivity index (χ0) is 12.1. The van der Waals surface area contributed by atoms with E-state index in [1.807, 2.05) is 6.07 Å². The van der Waals surface area contributed by atoms with Crippen molar-refractivity contribution in [1.29, 1.82) is 0 Å².